The maximum atomic E-state index is 13.6. The largest absolute Gasteiger partial charge is 0.494 e. The highest BCUT2D eigenvalue weighted by molar-refractivity contribution is 7.99. The number of benzene rings is 2. The van der Waals surface area contributed by atoms with Gasteiger partial charge in [-0.2, -0.15) is 0 Å². The first-order valence-corrected chi connectivity index (χ1v) is 6.72. The van der Waals surface area contributed by atoms with Crippen LogP contribution in [0.15, 0.2) is 52.3 Å². The average molecular weight is 292 g/mol. The highest BCUT2D eigenvalue weighted by atomic mass is 32.2. The number of rotatable bonds is 5. The molecule has 0 radical (unpaired) electrons. The van der Waals surface area contributed by atoms with Crippen molar-refractivity contribution in [2.24, 2.45) is 0 Å². The highest BCUT2D eigenvalue weighted by Crippen LogP contribution is 2.30. The molecule has 0 aliphatic carbocycles. The summed E-state index contributed by atoms with van der Waals surface area (Å²) in [4.78, 5) is 12.3. The number of carboxylic acids is 1. The van der Waals surface area contributed by atoms with Gasteiger partial charge >= 0.3 is 5.97 Å². The van der Waals surface area contributed by atoms with Crippen molar-refractivity contribution in [3.63, 3.8) is 0 Å². The van der Waals surface area contributed by atoms with Crippen LogP contribution < -0.4 is 4.74 Å². The van der Waals surface area contributed by atoms with Crippen molar-refractivity contribution in [3.05, 3.63) is 53.8 Å². The summed E-state index contributed by atoms with van der Waals surface area (Å²) in [6.45, 7) is 0. The number of halogens is 1. The predicted molar refractivity (Wildman–Crippen MR) is 74.9 cm³/mol. The van der Waals surface area contributed by atoms with E-state index in [0.717, 1.165) is 15.4 Å². The van der Waals surface area contributed by atoms with Crippen LogP contribution in [0, 0.1) is 5.82 Å². The molecule has 2 aromatic carbocycles. The molecule has 0 fully saturated rings. The van der Waals surface area contributed by atoms with E-state index in [-0.39, 0.29) is 12.2 Å². The van der Waals surface area contributed by atoms with Gasteiger partial charge in [0.1, 0.15) is 0 Å². The van der Waals surface area contributed by atoms with Crippen LogP contribution in [0.2, 0.25) is 0 Å². The summed E-state index contributed by atoms with van der Waals surface area (Å²) >= 11 is 1.41. The Morgan fingerprint density at radius 1 is 1.20 bits per heavy atom. The molecule has 2 rings (SSSR count). The molecule has 0 saturated carbocycles. The molecule has 0 saturated heterocycles. The maximum Gasteiger partial charge on any atom is 0.307 e. The first kappa shape index (κ1) is 14.4. The molecular formula is C15H13FO3S. The van der Waals surface area contributed by atoms with Crippen LogP contribution >= 0.6 is 11.8 Å². The lowest BCUT2D eigenvalue weighted by Gasteiger charge is -2.05. The molecule has 0 amide bonds. The number of carboxylic acid groups (broad SMARTS) is 1. The van der Waals surface area contributed by atoms with E-state index >= 15 is 0 Å². The molecule has 104 valence electrons. The number of methoxy groups -OCH3 is 1. The van der Waals surface area contributed by atoms with E-state index in [2.05, 4.69) is 0 Å². The first-order chi connectivity index (χ1) is 9.58. The second kappa shape index (κ2) is 6.43. The van der Waals surface area contributed by atoms with Crippen LogP contribution in [-0.2, 0) is 11.2 Å². The Morgan fingerprint density at radius 2 is 1.85 bits per heavy atom. The fraction of sp³-hybridized carbons (Fsp3) is 0.133. The molecule has 0 aliphatic rings. The van der Waals surface area contributed by atoms with Gasteiger partial charge in [-0.1, -0.05) is 23.9 Å². The van der Waals surface area contributed by atoms with Gasteiger partial charge in [0, 0.05) is 9.79 Å². The third kappa shape index (κ3) is 3.74. The SMILES string of the molecule is COc1ccc(Sc2ccc(CC(=O)O)cc2)cc1F. The minimum Gasteiger partial charge on any atom is -0.494 e. The van der Waals surface area contributed by atoms with Crippen molar-refractivity contribution in [3.8, 4) is 5.75 Å². The van der Waals surface area contributed by atoms with E-state index in [0.29, 0.717) is 0 Å². The Hall–Kier alpha value is -2.01. The Kier molecular flexibility index (Phi) is 4.63. The fourth-order valence-corrected chi connectivity index (χ4v) is 2.54. The molecule has 2 aromatic rings. The molecular weight excluding hydrogens is 279 g/mol. The van der Waals surface area contributed by atoms with Crippen molar-refractivity contribution >= 4 is 17.7 Å². The smallest absolute Gasteiger partial charge is 0.307 e. The summed E-state index contributed by atoms with van der Waals surface area (Å²) < 4.78 is 18.4. The van der Waals surface area contributed by atoms with E-state index in [1.54, 1.807) is 24.3 Å². The molecule has 0 bridgehead atoms. The molecule has 5 heteroatoms. The van der Waals surface area contributed by atoms with Gasteiger partial charge in [-0.3, -0.25) is 4.79 Å². The molecule has 0 heterocycles. The zero-order valence-electron chi connectivity index (χ0n) is 10.8. The molecule has 0 aliphatic heterocycles. The number of ether oxygens (including phenoxy) is 1. The van der Waals surface area contributed by atoms with Crippen LogP contribution in [0.4, 0.5) is 4.39 Å². The quantitative estimate of drug-likeness (QED) is 0.914. The lowest BCUT2D eigenvalue weighted by Crippen LogP contribution is -1.99. The van der Waals surface area contributed by atoms with Gasteiger partial charge in [-0.05, 0) is 35.9 Å². The van der Waals surface area contributed by atoms with Gasteiger partial charge < -0.3 is 9.84 Å². The summed E-state index contributed by atoms with van der Waals surface area (Å²) in [5, 5.41) is 8.69. The minimum absolute atomic E-state index is 0.00209. The topological polar surface area (TPSA) is 46.5 Å². The molecule has 0 spiro atoms. The van der Waals surface area contributed by atoms with Crippen LogP contribution in [0.25, 0.3) is 0 Å². The molecule has 3 nitrogen and oxygen atoms in total. The van der Waals surface area contributed by atoms with Crippen LogP contribution in [0.5, 0.6) is 5.75 Å². The third-order valence-electron chi connectivity index (χ3n) is 2.64. The first-order valence-electron chi connectivity index (χ1n) is 5.90. The zero-order chi connectivity index (χ0) is 14.5. The van der Waals surface area contributed by atoms with Gasteiger partial charge in [-0.15, -0.1) is 0 Å². The van der Waals surface area contributed by atoms with Gasteiger partial charge in [-0.25, -0.2) is 4.39 Å². The predicted octanol–water partition coefficient (Wildman–Crippen LogP) is 3.61. The normalized spacial score (nSPS) is 10.3. The van der Waals surface area contributed by atoms with Crippen molar-refractivity contribution in [2.45, 2.75) is 16.2 Å². The highest BCUT2D eigenvalue weighted by Gasteiger charge is 2.05. The minimum atomic E-state index is -0.859. The fourth-order valence-electron chi connectivity index (χ4n) is 1.70. The zero-order valence-corrected chi connectivity index (χ0v) is 11.6. The van der Waals surface area contributed by atoms with E-state index in [4.69, 9.17) is 9.84 Å². The standard InChI is InChI=1S/C15H13FO3S/c1-19-14-7-6-12(9-13(14)16)20-11-4-2-10(3-5-11)8-15(17)18/h2-7,9H,8H2,1H3,(H,17,18). The summed E-state index contributed by atoms with van der Waals surface area (Å²) in [7, 11) is 1.42. The van der Waals surface area contributed by atoms with E-state index in [9.17, 15) is 9.18 Å². The van der Waals surface area contributed by atoms with E-state index in [1.165, 1.54) is 24.9 Å². The van der Waals surface area contributed by atoms with Gasteiger partial charge in [0.05, 0.1) is 13.5 Å². The monoisotopic (exact) mass is 292 g/mol. The van der Waals surface area contributed by atoms with Gasteiger partial charge in [0.15, 0.2) is 11.6 Å². The Labute approximate surface area is 120 Å². The van der Waals surface area contributed by atoms with Crippen LogP contribution in [-0.4, -0.2) is 18.2 Å². The molecule has 0 atom stereocenters. The van der Waals surface area contributed by atoms with Crippen molar-refractivity contribution < 1.29 is 19.0 Å². The van der Waals surface area contributed by atoms with Crippen molar-refractivity contribution in [1.29, 1.82) is 0 Å². The van der Waals surface area contributed by atoms with E-state index in [1.807, 2.05) is 12.1 Å². The summed E-state index contributed by atoms with van der Waals surface area (Å²) in [6, 6.07) is 11.9. The summed E-state index contributed by atoms with van der Waals surface area (Å²) in [6.07, 6.45) is 0.00209. The molecule has 20 heavy (non-hydrogen) atoms. The van der Waals surface area contributed by atoms with Crippen molar-refractivity contribution in [2.75, 3.05) is 7.11 Å². The number of hydrogen-bond donors (Lipinski definition) is 1. The maximum absolute atomic E-state index is 13.6. The Morgan fingerprint density at radius 3 is 2.40 bits per heavy atom. The lowest BCUT2D eigenvalue weighted by atomic mass is 10.2. The molecule has 0 unspecified atom stereocenters. The number of carbonyl (C=O) groups is 1. The van der Waals surface area contributed by atoms with E-state index < -0.39 is 11.8 Å². The molecule has 1 N–H and O–H groups in total. The summed E-state index contributed by atoms with van der Waals surface area (Å²) in [5.74, 6) is -1.05. The van der Waals surface area contributed by atoms with Gasteiger partial charge in [0.25, 0.3) is 0 Å². The Balaban J connectivity index is 2.10. The number of aliphatic carboxylic acids is 1. The third-order valence-corrected chi connectivity index (χ3v) is 3.64. The second-order valence-corrected chi connectivity index (χ2v) is 5.26. The summed E-state index contributed by atoms with van der Waals surface area (Å²) in [5.41, 5.74) is 0.739. The second-order valence-electron chi connectivity index (χ2n) is 4.11. The van der Waals surface area contributed by atoms with Gasteiger partial charge in [0.2, 0.25) is 0 Å². The lowest BCUT2D eigenvalue weighted by molar-refractivity contribution is -0.136. The number of hydrogen-bond acceptors (Lipinski definition) is 3. The van der Waals surface area contributed by atoms with Crippen molar-refractivity contribution in [1.82, 2.24) is 0 Å². The van der Waals surface area contributed by atoms with Crippen LogP contribution in [0.1, 0.15) is 5.56 Å². The van der Waals surface area contributed by atoms with Crippen LogP contribution in [0.3, 0.4) is 0 Å². The molecule has 0 aromatic heterocycles. The Bertz CT molecular complexity index is 611. The average Bonchev–Trinajstić information content (AvgIpc) is 2.41.